The SMILES string of the molecule is Cc1cccc2sc(OC3CCN(C(=O)CCCc4ccccc4)CC3)nc12. The number of likely N-dealkylation sites (tertiary alicyclic amines) is 1. The normalized spacial score (nSPS) is 15.1. The lowest BCUT2D eigenvalue weighted by atomic mass is 10.1. The summed E-state index contributed by atoms with van der Waals surface area (Å²) in [6, 6.07) is 16.6. The molecule has 1 aliphatic rings. The van der Waals surface area contributed by atoms with Crippen molar-refractivity contribution < 1.29 is 9.53 Å². The van der Waals surface area contributed by atoms with Crippen LogP contribution in [0.5, 0.6) is 5.19 Å². The Kier molecular flexibility index (Phi) is 5.91. The van der Waals surface area contributed by atoms with Crippen molar-refractivity contribution in [1.82, 2.24) is 9.88 Å². The first-order valence-electron chi connectivity index (χ1n) is 10.0. The predicted molar refractivity (Wildman–Crippen MR) is 114 cm³/mol. The highest BCUT2D eigenvalue weighted by atomic mass is 32.1. The van der Waals surface area contributed by atoms with Gasteiger partial charge in [-0.15, -0.1) is 0 Å². The first-order chi connectivity index (χ1) is 13.7. The van der Waals surface area contributed by atoms with Crippen LogP contribution in [0.2, 0.25) is 0 Å². The fraction of sp³-hybridized carbons (Fsp3) is 0.391. The molecule has 2 aromatic carbocycles. The van der Waals surface area contributed by atoms with Crippen molar-refractivity contribution >= 4 is 27.5 Å². The zero-order chi connectivity index (χ0) is 19.3. The van der Waals surface area contributed by atoms with Gasteiger partial charge in [0, 0.05) is 32.4 Å². The van der Waals surface area contributed by atoms with Gasteiger partial charge >= 0.3 is 0 Å². The summed E-state index contributed by atoms with van der Waals surface area (Å²) in [5.74, 6) is 0.269. The number of piperidine rings is 1. The van der Waals surface area contributed by atoms with Gasteiger partial charge in [0.2, 0.25) is 5.91 Å². The number of aromatic nitrogens is 1. The van der Waals surface area contributed by atoms with Gasteiger partial charge in [0.15, 0.2) is 0 Å². The molecule has 28 heavy (non-hydrogen) atoms. The summed E-state index contributed by atoms with van der Waals surface area (Å²) in [6.45, 7) is 3.63. The maximum absolute atomic E-state index is 12.5. The molecule has 1 aromatic heterocycles. The van der Waals surface area contributed by atoms with E-state index in [4.69, 9.17) is 4.74 Å². The lowest BCUT2D eigenvalue weighted by Crippen LogP contribution is -2.41. The van der Waals surface area contributed by atoms with E-state index in [1.165, 1.54) is 15.8 Å². The highest BCUT2D eigenvalue weighted by Gasteiger charge is 2.24. The van der Waals surface area contributed by atoms with Gasteiger partial charge in [-0.1, -0.05) is 53.8 Å². The summed E-state index contributed by atoms with van der Waals surface area (Å²) >= 11 is 1.61. The van der Waals surface area contributed by atoms with Crippen molar-refractivity contribution in [1.29, 1.82) is 0 Å². The number of benzene rings is 2. The summed E-state index contributed by atoms with van der Waals surface area (Å²) in [7, 11) is 0. The highest BCUT2D eigenvalue weighted by Crippen LogP contribution is 2.31. The Bertz CT molecular complexity index is 930. The van der Waals surface area contributed by atoms with Gasteiger partial charge in [-0.05, 0) is 37.0 Å². The number of para-hydroxylation sites is 1. The maximum atomic E-state index is 12.5. The highest BCUT2D eigenvalue weighted by molar-refractivity contribution is 7.20. The van der Waals surface area contributed by atoms with E-state index in [2.05, 4.69) is 54.4 Å². The van der Waals surface area contributed by atoms with Crippen molar-refractivity contribution in [3.8, 4) is 5.19 Å². The fourth-order valence-electron chi connectivity index (χ4n) is 3.73. The van der Waals surface area contributed by atoms with Crippen molar-refractivity contribution in [2.45, 2.75) is 45.1 Å². The minimum atomic E-state index is 0.147. The van der Waals surface area contributed by atoms with Crippen molar-refractivity contribution in [2.75, 3.05) is 13.1 Å². The molecule has 0 aliphatic carbocycles. The van der Waals surface area contributed by atoms with E-state index in [-0.39, 0.29) is 12.0 Å². The molecular formula is C23H26N2O2S. The van der Waals surface area contributed by atoms with Crippen LogP contribution in [-0.4, -0.2) is 35.0 Å². The molecule has 0 N–H and O–H groups in total. The first-order valence-corrected chi connectivity index (χ1v) is 10.9. The van der Waals surface area contributed by atoms with E-state index in [9.17, 15) is 4.79 Å². The van der Waals surface area contributed by atoms with Crippen molar-refractivity contribution in [2.24, 2.45) is 0 Å². The second kappa shape index (κ2) is 8.74. The van der Waals surface area contributed by atoms with Gasteiger partial charge < -0.3 is 9.64 Å². The largest absolute Gasteiger partial charge is 0.467 e. The monoisotopic (exact) mass is 394 g/mol. The summed E-state index contributed by atoms with van der Waals surface area (Å²) in [5, 5.41) is 0.747. The van der Waals surface area contributed by atoms with Gasteiger partial charge in [-0.25, -0.2) is 4.98 Å². The zero-order valence-corrected chi connectivity index (χ0v) is 17.1. The second-order valence-corrected chi connectivity index (χ2v) is 8.43. The van der Waals surface area contributed by atoms with Gasteiger partial charge in [0.25, 0.3) is 5.19 Å². The Morgan fingerprint density at radius 3 is 2.68 bits per heavy atom. The second-order valence-electron chi connectivity index (χ2n) is 7.44. The molecule has 0 spiro atoms. The molecule has 1 fully saturated rings. The van der Waals surface area contributed by atoms with Gasteiger partial charge in [-0.3, -0.25) is 4.79 Å². The van der Waals surface area contributed by atoms with Crippen LogP contribution in [0.1, 0.15) is 36.8 Å². The van der Waals surface area contributed by atoms with Crippen molar-refractivity contribution in [3.63, 3.8) is 0 Å². The van der Waals surface area contributed by atoms with Crippen LogP contribution < -0.4 is 4.74 Å². The smallest absolute Gasteiger partial charge is 0.274 e. The van der Waals surface area contributed by atoms with Crippen LogP contribution in [-0.2, 0) is 11.2 Å². The molecule has 0 bridgehead atoms. The molecule has 5 heteroatoms. The Balaban J connectivity index is 1.23. The number of nitrogens with zero attached hydrogens (tertiary/aromatic N) is 2. The fourth-order valence-corrected chi connectivity index (χ4v) is 4.69. The molecule has 146 valence electrons. The molecule has 1 amide bonds. The van der Waals surface area contributed by atoms with E-state index in [0.717, 1.165) is 49.5 Å². The number of aryl methyl sites for hydroxylation is 2. The van der Waals surface area contributed by atoms with Gasteiger partial charge in [-0.2, -0.15) is 0 Å². The predicted octanol–water partition coefficient (Wildman–Crippen LogP) is 5.00. The summed E-state index contributed by atoms with van der Waals surface area (Å²) in [4.78, 5) is 19.1. The quantitative estimate of drug-likeness (QED) is 0.591. The topological polar surface area (TPSA) is 42.4 Å². The lowest BCUT2D eigenvalue weighted by molar-refractivity contribution is -0.133. The van der Waals surface area contributed by atoms with E-state index < -0.39 is 0 Å². The number of carbonyl (C=O) groups excluding carboxylic acids is 1. The van der Waals surface area contributed by atoms with E-state index >= 15 is 0 Å². The first kappa shape index (κ1) is 18.9. The van der Waals surface area contributed by atoms with Crippen LogP contribution in [0.25, 0.3) is 10.2 Å². The molecule has 0 atom stereocenters. The summed E-state index contributed by atoms with van der Waals surface area (Å²) in [6.07, 6.45) is 4.39. The standard InChI is InChI=1S/C23H26N2O2S/c1-17-7-5-11-20-22(17)24-23(28-20)27-19-13-15-25(16-14-19)21(26)12-6-10-18-8-3-2-4-9-18/h2-5,7-9,11,19H,6,10,12-16H2,1H3. The minimum Gasteiger partial charge on any atom is -0.467 e. The van der Waals surface area contributed by atoms with Crippen LogP contribution in [0.15, 0.2) is 48.5 Å². The van der Waals surface area contributed by atoms with Gasteiger partial charge in [0.05, 0.1) is 10.2 Å². The number of thiazole rings is 1. The third-order valence-corrected chi connectivity index (χ3v) is 6.27. The number of fused-ring (bicyclic) bond motifs is 1. The molecule has 0 saturated carbocycles. The Hall–Kier alpha value is -2.40. The molecule has 0 unspecified atom stereocenters. The molecule has 1 aliphatic heterocycles. The average molecular weight is 395 g/mol. The average Bonchev–Trinajstić information content (AvgIpc) is 3.13. The third kappa shape index (κ3) is 4.53. The lowest BCUT2D eigenvalue weighted by Gasteiger charge is -2.31. The third-order valence-electron chi connectivity index (χ3n) is 5.36. The number of rotatable bonds is 6. The summed E-state index contributed by atoms with van der Waals surface area (Å²) in [5.41, 5.74) is 3.52. The van der Waals surface area contributed by atoms with Gasteiger partial charge in [0.1, 0.15) is 6.10 Å². The Morgan fingerprint density at radius 2 is 1.93 bits per heavy atom. The molecule has 1 saturated heterocycles. The molecule has 4 rings (SSSR count). The van der Waals surface area contributed by atoms with Crippen molar-refractivity contribution in [3.05, 3.63) is 59.7 Å². The van der Waals surface area contributed by atoms with Crippen LogP contribution >= 0.6 is 11.3 Å². The van der Waals surface area contributed by atoms with Crippen LogP contribution in [0, 0.1) is 6.92 Å². The molecule has 3 aromatic rings. The van der Waals surface area contributed by atoms with Crippen LogP contribution in [0.4, 0.5) is 0 Å². The van der Waals surface area contributed by atoms with E-state index in [1.54, 1.807) is 11.3 Å². The summed E-state index contributed by atoms with van der Waals surface area (Å²) < 4.78 is 7.30. The number of carbonyl (C=O) groups is 1. The number of ether oxygens (including phenoxy) is 1. The number of hydrogen-bond donors (Lipinski definition) is 0. The zero-order valence-electron chi connectivity index (χ0n) is 16.3. The Morgan fingerprint density at radius 1 is 1.14 bits per heavy atom. The van der Waals surface area contributed by atoms with E-state index in [1.807, 2.05) is 11.0 Å². The Labute approximate surface area is 170 Å². The van der Waals surface area contributed by atoms with E-state index in [0.29, 0.717) is 6.42 Å². The molecule has 0 radical (unpaired) electrons. The van der Waals surface area contributed by atoms with Crippen LogP contribution in [0.3, 0.4) is 0 Å². The maximum Gasteiger partial charge on any atom is 0.274 e. The molecular weight excluding hydrogens is 368 g/mol. The number of amides is 1. The molecule has 2 heterocycles. The minimum absolute atomic E-state index is 0.147. The molecule has 4 nitrogen and oxygen atoms in total. The number of hydrogen-bond acceptors (Lipinski definition) is 4.